The van der Waals surface area contributed by atoms with Crippen LogP contribution in [0.25, 0.3) is 0 Å². The summed E-state index contributed by atoms with van der Waals surface area (Å²) in [5, 5.41) is 0. The van der Waals surface area contributed by atoms with E-state index in [1.807, 2.05) is 59.9 Å². The maximum absolute atomic E-state index is 5.66. The van der Waals surface area contributed by atoms with Gasteiger partial charge in [-0.05, 0) is 11.1 Å². The van der Waals surface area contributed by atoms with Crippen molar-refractivity contribution < 1.29 is 14.2 Å². The molecule has 0 radical (unpaired) electrons. The SMILES string of the molecule is c1ccc(COCCSCCOCCSCCOCc2ccccc2)cc1. The van der Waals surface area contributed by atoms with Crippen molar-refractivity contribution >= 4 is 23.5 Å². The average Bonchev–Trinajstić information content (AvgIpc) is 2.72. The molecule has 27 heavy (non-hydrogen) atoms. The molecule has 0 atom stereocenters. The predicted octanol–water partition coefficient (Wildman–Crippen LogP) is 4.90. The van der Waals surface area contributed by atoms with Gasteiger partial charge in [-0.25, -0.2) is 0 Å². The highest BCUT2D eigenvalue weighted by Crippen LogP contribution is 2.05. The van der Waals surface area contributed by atoms with E-state index in [2.05, 4.69) is 24.3 Å². The molecule has 3 nitrogen and oxygen atoms in total. The fourth-order valence-electron chi connectivity index (χ4n) is 2.31. The number of hydrogen-bond donors (Lipinski definition) is 0. The van der Waals surface area contributed by atoms with E-state index in [1.165, 1.54) is 11.1 Å². The van der Waals surface area contributed by atoms with Gasteiger partial charge in [0.15, 0.2) is 0 Å². The maximum Gasteiger partial charge on any atom is 0.0717 e. The molecule has 0 unspecified atom stereocenters. The van der Waals surface area contributed by atoms with Crippen LogP contribution in [0.2, 0.25) is 0 Å². The van der Waals surface area contributed by atoms with Gasteiger partial charge in [0.25, 0.3) is 0 Å². The van der Waals surface area contributed by atoms with Crippen LogP contribution in [-0.4, -0.2) is 49.4 Å². The van der Waals surface area contributed by atoms with Gasteiger partial charge < -0.3 is 14.2 Å². The number of benzene rings is 2. The fraction of sp³-hybridized carbons (Fsp3) is 0.455. The summed E-state index contributed by atoms with van der Waals surface area (Å²) in [6.45, 7) is 4.61. The van der Waals surface area contributed by atoms with Crippen LogP contribution in [0.5, 0.6) is 0 Å². The third-order valence-electron chi connectivity index (χ3n) is 3.71. The van der Waals surface area contributed by atoms with Crippen LogP contribution in [0, 0.1) is 0 Å². The molecule has 0 aromatic heterocycles. The van der Waals surface area contributed by atoms with E-state index in [-0.39, 0.29) is 0 Å². The second-order valence-electron chi connectivity index (χ2n) is 5.91. The molecule has 0 amide bonds. The van der Waals surface area contributed by atoms with Gasteiger partial charge in [0.2, 0.25) is 0 Å². The van der Waals surface area contributed by atoms with Crippen molar-refractivity contribution in [2.75, 3.05) is 49.4 Å². The second kappa shape index (κ2) is 16.0. The van der Waals surface area contributed by atoms with Crippen molar-refractivity contribution in [2.24, 2.45) is 0 Å². The summed E-state index contributed by atoms with van der Waals surface area (Å²) in [6.07, 6.45) is 0. The van der Waals surface area contributed by atoms with Crippen molar-refractivity contribution in [3.63, 3.8) is 0 Å². The lowest BCUT2D eigenvalue weighted by atomic mass is 10.2. The Bertz CT molecular complexity index is 515. The van der Waals surface area contributed by atoms with Gasteiger partial charge in [-0.3, -0.25) is 0 Å². The van der Waals surface area contributed by atoms with Gasteiger partial charge in [-0.1, -0.05) is 60.7 Å². The Morgan fingerprint density at radius 3 is 1.26 bits per heavy atom. The van der Waals surface area contributed by atoms with Crippen LogP contribution >= 0.6 is 23.5 Å². The summed E-state index contributed by atoms with van der Waals surface area (Å²) in [7, 11) is 0. The Balaban J connectivity index is 1.26. The first kappa shape index (κ1) is 22.3. The predicted molar refractivity (Wildman–Crippen MR) is 118 cm³/mol. The molecule has 0 spiro atoms. The number of ether oxygens (including phenoxy) is 3. The molecule has 2 aromatic rings. The zero-order valence-corrected chi connectivity index (χ0v) is 17.5. The molecule has 0 aliphatic heterocycles. The van der Waals surface area contributed by atoms with Crippen LogP contribution in [0.1, 0.15) is 11.1 Å². The highest BCUT2D eigenvalue weighted by Gasteiger charge is 1.96. The van der Waals surface area contributed by atoms with Crippen molar-refractivity contribution in [3.8, 4) is 0 Å². The van der Waals surface area contributed by atoms with E-state index < -0.39 is 0 Å². The van der Waals surface area contributed by atoms with Gasteiger partial charge in [0, 0.05) is 23.0 Å². The number of thioether (sulfide) groups is 2. The normalized spacial score (nSPS) is 11.0. The topological polar surface area (TPSA) is 27.7 Å². The van der Waals surface area contributed by atoms with Crippen LogP contribution in [0.15, 0.2) is 60.7 Å². The average molecular weight is 407 g/mol. The zero-order chi connectivity index (χ0) is 18.8. The number of rotatable bonds is 16. The summed E-state index contributed by atoms with van der Waals surface area (Å²) in [5.74, 6) is 4.09. The molecule has 2 rings (SSSR count). The Hall–Kier alpha value is -0.980. The highest BCUT2D eigenvalue weighted by atomic mass is 32.2. The zero-order valence-electron chi connectivity index (χ0n) is 15.9. The minimum atomic E-state index is 0.699. The molecule has 0 heterocycles. The Morgan fingerprint density at radius 2 is 0.852 bits per heavy atom. The maximum atomic E-state index is 5.66. The molecular weight excluding hydrogens is 376 g/mol. The Labute approximate surface area is 172 Å². The van der Waals surface area contributed by atoms with Crippen molar-refractivity contribution in [1.29, 1.82) is 0 Å². The van der Waals surface area contributed by atoms with E-state index in [9.17, 15) is 0 Å². The third kappa shape index (κ3) is 12.2. The molecule has 0 saturated heterocycles. The highest BCUT2D eigenvalue weighted by molar-refractivity contribution is 7.99. The van der Waals surface area contributed by atoms with Crippen LogP contribution in [0.3, 0.4) is 0 Å². The molecule has 0 aliphatic carbocycles. The Kier molecular flexibility index (Phi) is 13.2. The molecule has 0 saturated carbocycles. The minimum absolute atomic E-state index is 0.699. The molecule has 148 valence electrons. The summed E-state index contributed by atoms with van der Waals surface area (Å²) in [6, 6.07) is 20.6. The van der Waals surface area contributed by atoms with Gasteiger partial charge >= 0.3 is 0 Å². The van der Waals surface area contributed by atoms with Gasteiger partial charge in [0.1, 0.15) is 0 Å². The van der Waals surface area contributed by atoms with Crippen LogP contribution < -0.4 is 0 Å². The second-order valence-corrected chi connectivity index (χ2v) is 8.36. The van der Waals surface area contributed by atoms with Gasteiger partial charge in [0.05, 0.1) is 39.6 Å². The van der Waals surface area contributed by atoms with E-state index >= 15 is 0 Å². The lowest BCUT2D eigenvalue weighted by Gasteiger charge is -2.06. The quantitative estimate of drug-likeness (QED) is 0.370. The molecule has 2 aromatic carbocycles. The largest absolute Gasteiger partial charge is 0.380 e. The van der Waals surface area contributed by atoms with E-state index in [1.54, 1.807) is 0 Å². The standard InChI is InChI=1S/C22H30O3S2/c1-3-7-21(8-4-1)19-24-13-17-26-15-11-23-12-16-27-18-14-25-20-22-9-5-2-6-10-22/h1-10H,11-20H2. The molecule has 0 aliphatic rings. The van der Waals surface area contributed by atoms with Crippen molar-refractivity contribution in [2.45, 2.75) is 13.2 Å². The lowest BCUT2D eigenvalue weighted by Crippen LogP contribution is -2.05. The summed E-state index contributed by atoms with van der Waals surface area (Å²) in [5.41, 5.74) is 2.46. The monoisotopic (exact) mass is 406 g/mol. The summed E-state index contributed by atoms with van der Waals surface area (Å²) < 4.78 is 17.0. The van der Waals surface area contributed by atoms with Crippen molar-refractivity contribution in [3.05, 3.63) is 71.8 Å². The molecular formula is C22H30O3S2. The first-order valence-electron chi connectivity index (χ1n) is 9.42. The van der Waals surface area contributed by atoms with Gasteiger partial charge in [-0.2, -0.15) is 23.5 Å². The smallest absolute Gasteiger partial charge is 0.0717 e. The molecule has 0 bridgehead atoms. The molecule has 0 N–H and O–H groups in total. The third-order valence-corrected chi connectivity index (χ3v) is 5.53. The first-order chi connectivity index (χ1) is 13.4. The molecule has 0 fully saturated rings. The van der Waals surface area contributed by atoms with Crippen molar-refractivity contribution in [1.82, 2.24) is 0 Å². The number of hydrogen-bond acceptors (Lipinski definition) is 5. The Morgan fingerprint density at radius 1 is 0.481 bits per heavy atom. The first-order valence-corrected chi connectivity index (χ1v) is 11.7. The molecule has 5 heteroatoms. The van der Waals surface area contributed by atoms with E-state index in [0.717, 1.165) is 49.4 Å². The fourth-order valence-corrected chi connectivity index (χ4v) is 3.66. The van der Waals surface area contributed by atoms with E-state index in [4.69, 9.17) is 14.2 Å². The van der Waals surface area contributed by atoms with Crippen LogP contribution in [-0.2, 0) is 27.4 Å². The van der Waals surface area contributed by atoms with Gasteiger partial charge in [-0.15, -0.1) is 0 Å². The summed E-state index contributed by atoms with van der Waals surface area (Å²) in [4.78, 5) is 0. The van der Waals surface area contributed by atoms with E-state index in [0.29, 0.717) is 13.2 Å². The van der Waals surface area contributed by atoms with Crippen LogP contribution in [0.4, 0.5) is 0 Å². The summed E-state index contributed by atoms with van der Waals surface area (Å²) >= 11 is 3.77. The lowest BCUT2D eigenvalue weighted by molar-refractivity contribution is 0.136. The minimum Gasteiger partial charge on any atom is -0.380 e.